The molecule has 0 radical (unpaired) electrons. The minimum atomic E-state index is 1.07. The molecule has 0 aliphatic carbocycles. The number of hydrogen-bond acceptors (Lipinski definition) is 3. The first-order chi connectivity index (χ1) is 6.40. The number of nitrogens with zero attached hydrogens (tertiary/aromatic N) is 2. The monoisotopic (exact) mass is 177 g/mol. The van der Waals surface area contributed by atoms with Crippen LogP contribution in [0, 0.1) is 0 Å². The molecule has 2 rings (SSSR count). The molecule has 1 fully saturated rings. The van der Waals surface area contributed by atoms with Gasteiger partial charge < -0.3 is 10.2 Å². The summed E-state index contributed by atoms with van der Waals surface area (Å²) in [7, 11) is 1.91. The number of hydrogen-bond donors (Lipinski definition) is 1. The lowest BCUT2D eigenvalue weighted by Gasteiger charge is -2.15. The maximum atomic E-state index is 4.39. The average molecular weight is 177 g/mol. The smallest absolute Gasteiger partial charge is 0.128 e. The Morgan fingerprint density at radius 1 is 1.31 bits per heavy atom. The number of aromatic nitrogens is 1. The maximum absolute atomic E-state index is 4.39. The second-order valence-electron chi connectivity index (χ2n) is 3.35. The van der Waals surface area contributed by atoms with Crippen molar-refractivity contribution in [3.63, 3.8) is 0 Å². The Balaban J connectivity index is 2.12. The maximum Gasteiger partial charge on any atom is 0.128 e. The highest BCUT2D eigenvalue weighted by molar-refractivity contribution is 5.48. The Morgan fingerprint density at radius 3 is 2.62 bits per heavy atom. The van der Waals surface area contributed by atoms with Gasteiger partial charge in [0.2, 0.25) is 0 Å². The van der Waals surface area contributed by atoms with Gasteiger partial charge in [0, 0.05) is 20.1 Å². The molecule has 1 saturated heterocycles. The van der Waals surface area contributed by atoms with Crippen molar-refractivity contribution in [1.82, 2.24) is 4.98 Å². The quantitative estimate of drug-likeness (QED) is 0.745. The number of anilines is 2. The van der Waals surface area contributed by atoms with Crippen LogP contribution in [0.3, 0.4) is 0 Å². The van der Waals surface area contributed by atoms with Gasteiger partial charge in [0.1, 0.15) is 5.82 Å². The molecule has 1 aliphatic rings. The van der Waals surface area contributed by atoms with Crippen molar-refractivity contribution in [3.8, 4) is 0 Å². The molecule has 0 amide bonds. The highest BCUT2D eigenvalue weighted by Crippen LogP contribution is 2.18. The predicted molar refractivity (Wildman–Crippen MR) is 55.2 cm³/mol. The van der Waals surface area contributed by atoms with Gasteiger partial charge in [-0.1, -0.05) is 0 Å². The molecule has 1 aromatic rings. The number of nitrogens with one attached hydrogen (secondary N) is 1. The minimum Gasteiger partial charge on any atom is -0.387 e. The third-order valence-electron chi connectivity index (χ3n) is 2.47. The molecule has 0 unspecified atom stereocenters. The Hall–Kier alpha value is -1.25. The van der Waals surface area contributed by atoms with Crippen LogP contribution in [0.5, 0.6) is 0 Å². The van der Waals surface area contributed by atoms with Gasteiger partial charge in [0.15, 0.2) is 0 Å². The fourth-order valence-electron chi connectivity index (χ4n) is 1.67. The first kappa shape index (κ1) is 8.35. The summed E-state index contributed by atoms with van der Waals surface area (Å²) >= 11 is 0. The van der Waals surface area contributed by atoms with Crippen molar-refractivity contribution >= 4 is 11.5 Å². The molecule has 1 N–H and O–H groups in total. The standard InChI is InChI=1S/C10H15N3/c1-11-9-4-5-10(12-8-9)13-6-2-3-7-13/h4-5,8,11H,2-3,6-7H2,1H3. The van der Waals surface area contributed by atoms with E-state index in [4.69, 9.17) is 0 Å². The Labute approximate surface area is 78.8 Å². The summed E-state index contributed by atoms with van der Waals surface area (Å²) in [6.45, 7) is 2.32. The number of rotatable bonds is 2. The van der Waals surface area contributed by atoms with Crippen LogP contribution in [-0.2, 0) is 0 Å². The van der Waals surface area contributed by atoms with E-state index in [1.54, 1.807) is 0 Å². The van der Waals surface area contributed by atoms with Gasteiger partial charge in [-0.2, -0.15) is 0 Å². The molecule has 13 heavy (non-hydrogen) atoms. The van der Waals surface area contributed by atoms with E-state index in [0.29, 0.717) is 0 Å². The van der Waals surface area contributed by atoms with Crippen LogP contribution in [0.4, 0.5) is 11.5 Å². The summed E-state index contributed by atoms with van der Waals surface area (Å²) < 4.78 is 0. The van der Waals surface area contributed by atoms with E-state index >= 15 is 0 Å². The SMILES string of the molecule is CNc1ccc(N2CCCC2)nc1. The fourth-order valence-corrected chi connectivity index (χ4v) is 1.67. The minimum absolute atomic E-state index is 1.07. The van der Waals surface area contributed by atoms with Crippen LogP contribution in [0.2, 0.25) is 0 Å². The normalized spacial score (nSPS) is 16.2. The molecule has 3 heteroatoms. The van der Waals surface area contributed by atoms with Gasteiger partial charge in [-0.25, -0.2) is 4.98 Å². The van der Waals surface area contributed by atoms with E-state index in [1.807, 2.05) is 13.2 Å². The molecule has 70 valence electrons. The highest BCUT2D eigenvalue weighted by Gasteiger charge is 2.12. The predicted octanol–water partition coefficient (Wildman–Crippen LogP) is 1.72. The lowest BCUT2D eigenvalue weighted by molar-refractivity contribution is 0.938. The van der Waals surface area contributed by atoms with E-state index in [9.17, 15) is 0 Å². The Morgan fingerprint density at radius 2 is 2.08 bits per heavy atom. The first-order valence-corrected chi connectivity index (χ1v) is 4.79. The lowest BCUT2D eigenvalue weighted by Crippen LogP contribution is -2.18. The van der Waals surface area contributed by atoms with Gasteiger partial charge in [0.25, 0.3) is 0 Å². The molecule has 0 saturated carbocycles. The first-order valence-electron chi connectivity index (χ1n) is 4.79. The summed E-state index contributed by atoms with van der Waals surface area (Å²) in [5, 5.41) is 3.06. The molecular weight excluding hydrogens is 162 g/mol. The van der Waals surface area contributed by atoms with Gasteiger partial charge in [-0.3, -0.25) is 0 Å². The summed E-state index contributed by atoms with van der Waals surface area (Å²) in [4.78, 5) is 6.73. The molecule has 1 aromatic heterocycles. The van der Waals surface area contributed by atoms with Gasteiger partial charge in [-0.15, -0.1) is 0 Å². The van der Waals surface area contributed by atoms with Crippen LogP contribution in [0.15, 0.2) is 18.3 Å². The highest BCUT2D eigenvalue weighted by atomic mass is 15.2. The molecule has 1 aliphatic heterocycles. The van der Waals surface area contributed by atoms with E-state index < -0.39 is 0 Å². The number of pyridine rings is 1. The second kappa shape index (κ2) is 3.64. The van der Waals surface area contributed by atoms with E-state index in [2.05, 4.69) is 27.3 Å². The molecule has 2 heterocycles. The van der Waals surface area contributed by atoms with Crippen LogP contribution in [0.1, 0.15) is 12.8 Å². The topological polar surface area (TPSA) is 28.2 Å². The third-order valence-corrected chi connectivity index (χ3v) is 2.47. The molecule has 0 aromatic carbocycles. The van der Waals surface area contributed by atoms with Gasteiger partial charge >= 0.3 is 0 Å². The van der Waals surface area contributed by atoms with Crippen molar-refractivity contribution in [2.45, 2.75) is 12.8 Å². The Bertz CT molecular complexity index is 262. The summed E-state index contributed by atoms with van der Waals surface area (Å²) in [5.41, 5.74) is 1.07. The van der Waals surface area contributed by atoms with Crippen LogP contribution in [0.25, 0.3) is 0 Å². The second-order valence-corrected chi connectivity index (χ2v) is 3.35. The van der Waals surface area contributed by atoms with Crippen molar-refractivity contribution in [2.75, 3.05) is 30.4 Å². The summed E-state index contributed by atoms with van der Waals surface area (Å²) in [6.07, 6.45) is 4.48. The van der Waals surface area contributed by atoms with Gasteiger partial charge in [0.05, 0.1) is 11.9 Å². The van der Waals surface area contributed by atoms with Crippen molar-refractivity contribution in [3.05, 3.63) is 18.3 Å². The third kappa shape index (κ3) is 1.74. The largest absolute Gasteiger partial charge is 0.387 e. The van der Waals surface area contributed by atoms with Crippen molar-refractivity contribution in [1.29, 1.82) is 0 Å². The van der Waals surface area contributed by atoms with Crippen LogP contribution >= 0.6 is 0 Å². The van der Waals surface area contributed by atoms with E-state index in [-0.39, 0.29) is 0 Å². The van der Waals surface area contributed by atoms with Crippen molar-refractivity contribution in [2.24, 2.45) is 0 Å². The Kier molecular flexibility index (Phi) is 2.34. The van der Waals surface area contributed by atoms with E-state index in [0.717, 1.165) is 24.6 Å². The molecule has 0 spiro atoms. The zero-order chi connectivity index (χ0) is 9.10. The summed E-state index contributed by atoms with van der Waals surface area (Å²) in [5.74, 6) is 1.11. The lowest BCUT2D eigenvalue weighted by atomic mass is 10.4. The molecule has 0 atom stereocenters. The molecular formula is C10H15N3. The van der Waals surface area contributed by atoms with Crippen molar-refractivity contribution < 1.29 is 0 Å². The average Bonchev–Trinajstić information content (AvgIpc) is 2.71. The molecule has 0 bridgehead atoms. The zero-order valence-electron chi connectivity index (χ0n) is 7.95. The zero-order valence-corrected chi connectivity index (χ0v) is 7.95. The van der Waals surface area contributed by atoms with Crippen LogP contribution < -0.4 is 10.2 Å². The molecule has 3 nitrogen and oxygen atoms in total. The summed E-state index contributed by atoms with van der Waals surface area (Å²) in [6, 6.07) is 4.15. The van der Waals surface area contributed by atoms with Crippen LogP contribution in [-0.4, -0.2) is 25.1 Å². The fraction of sp³-hybridized carbons (Fsp3) is 0.500. The van der Waals surface area contributed by atoms with E-state index in [1.165, 1.54) is 12.8 Å². The van der Waals surface area contributed by atoms with Gasteiger partial charge in [-0.05, 0) is 25.0 Å².